The van der Waals surface area contributed by atoms with Crippen LogP contribution in [0.2, 0.25) is 0 Å². The van der Waals surface area contributed by atoms with Crippen molar-refractivity contribution in [2.24, 2.45) is 0 Å². The average molecular weight is 278 g/mol. The van der Waals surface area contributed by atoms with E-state index in [4.69, 9.17) is 43.1 Å². The molecule has 1 rings (SSSR count). The topological polar surface area (TPSA) is 185 Å². The quantitative estimate of drug-likeness (QED) is 0.234. The van der Waals surface area contributed by atoms with Gasteiger partial charge in [0.15, 0.2) is 6.29 Å². The largest absolute Gasteiger partial charge is 0.394 e. The van der Waals surface area contributed by atoms with Gasteiger partial charge >= 0.3 is 10.4 Å². The SMILES string of the molecule is O=S(=O)(O)O.OC[C@H]1O[C@H](O)[C@H](O)[C@@H](O)[C@@H]1O. The Morgan fingerprint density at radius 1 is 0.941 bits per heavy atom. The summed E-state index contributed by atoms with van der Waals surface area (Å²) in [6.45, 7) is -0.526. The van der Waals surface area contributed by atoms with Crippen molar-refractivity contribution < 1.29 is 47.8 Å². The molecule has 1 fully saturated rings. The number of aliphatic hydroxyl groups is 5. The summed E-state index contributed by atoms with van der Waals surface area (Å²) in [5.41, 5.74) is 0. The molecule has 11 heteroatoms. The van der Waals surface area contributed by atoms with E-state index in [0.717, 1.165) is 0 Å². The minimum Gasteiger partial charge on any atom is -0.394 e. The summed E-state index contributed by atoms with van der Waals surface area (Å²) >= 11 is 0. The van der Waals surface area contributed by atoms with Gasteiger partial charge in [0.1, 0.15) is 24.4 Å². The van der Waals surface area contributed by atoms with E-state index >= 15 is 0 Å². The molecule has 1 saturated heterocycles. The Morgan fingerprint density at radius 3 is 1.71 bits per heavy atom. The summed E-state index contributed by atoms with van der Waals surface area (Å²) in [6, 6.07) is 0. The first-order valence-electron chi connectivity index (χ1n) is 4.26. The maximum Gasteiger partial charge on any atom is 0.394 e. The zero-order valence-electron chi connectivity index (χ0n) is 8.36. The van der Waals surface area contributed by atoms with E-state index in [9.17, 15) is 0 Å². The van der Waals surface area contributed by atoms with Crippen molar-refractivity contribution in [3.8, 4) is 0 Å². The maximum atomic E-state index is 9.12. The standard InChI is InChI=1S/C6H12O6.H2O4S/c7-1-2-3(8)4(9)5(10)6(11)12-2;1-5(2,3)4/h2-11H,1H2;(H2,1,2,3,4)/t2-,3-,4+,5-,6+;/m1./s1. The summed E-state index contributed by atoms with van der Waals surface area (Å²) in [5, 5.41) is 44.7. The first-order valence-corrected chi connectivity index (χ1v) is 5.66. The second-order valence-electron chi connectivity index (χ2n) is 3.17. The van der Waals surface area contributed by atoms with Crippen LogP contribution in [0.3, 0.4) is 0 Å². The zero-order valence-corrected chi connectivity index (χ0v) is 9.17. The predicted molar refractivity (Wildman–Crippen MR) is 50.2 cm³/mol. The fraction of sp³-hybridized carbons (Fsp3) is 1.00. The van der Waals surface area contributed by atoms with Gasteiger partial charge < -0.3 is 30.3 Å². The maximum absolute atomic E-state index is 9.12. The van der Waals surface area contributed by atoms with Crippen LogP contribution in [0.1, 0.15) is 0 Å². The Kier molecular flexibility index (Phi) is 6.39. The van der Waals surface area contributed by atoms with E-state index in [1.165, 1.54) is 0 Å². The molecule has 0 aromatic heterocycles. The molecule has 0 aromatic rings. The Balaban J connectivity index is 0.000000437. The second-order valence-corrected chi connectivity index (χ2v) is 4.06. The van der Waals surface area contributed by atoms with E-state index in [-0.39, 0.29) is 0 Å². The van der Waals surface area contributed by atoms with Crippen LogP contribution in [-0.2, 0) is 15.1 Å². The Bertz CT molecular complexity index is 302. The molecule has 1 aliphatic heterocycles. The van der Waals surface area contributed by atoms with Gasteiger partial charge in [-0.25, -0.2) is 0 Å². The van der Waals surface area contributed by atoms with Crippen molar-refractivity contribution in [3.63, 3.8) is 0 Å². The highest BCUT2D eigenvalue weighted by atomic mass is 32.3. The van der Waals surface area contributed by atoms with E-state index < -0.39 is 47.7 Å². The second kappa shape index (κ2) is 6.53. The summed E-state index contributed by atoms with van der Waals surface area (Å²) in [5.74, 6) is 0. The molecular weight excluding hydrogens is 264 g/mol. The van der Waals surface area contributed by atoms with Crippen molar-refractivity contribution in [2.45, 2.75) is 30.7 Å². The van der Waals surface area contributed by atoms with Gasteiger partial charge in [-0.05, 0) is 0 Å². The van der Waals surface area contributed by atoms with Crippen molar-refractivity contribution in [1.82, 2.24) is 0 Å². The highest BCUT2D eigenvalue weighted by molar-refractivity contribution is 7.79. The normalized spacial score (nSPS) is 38.2. The molecule has 104 valence electrons. The molecular formula is C6H14O10S. The van der Waals surface area contributed by atoms with Gasteiger partial charge in [-0.2, -0.15) is 8.42 Å². The summed E-state index contributed by atoms with van der Waals surface area (Å²) in [6.07, 6.45) is -7.04. The molecule has 5 atom stereocenters. The molecule has 0 amide bonds. The number of aliphatic hydroxyl groups excluding tert-OH is 5. The fourth-order valence-corrected chi connectivity index (χ4v) is 1.08. The molecule has 10 nitrogen and oxygen atoms in total. The molecule has 7 N–H and O–H groups in total. The number of rotatable bonds is 1. The predicted octanol–water partition coefficient (Wildman–Crippen LogP) is -3.87. The minimum atomic E-state index is -4.67. The third kappa shape index (κ3) is 6.21. The summed E-state index contributed by atoms with van der Waals surface area (Å²) < 4.78 is 36.2. The van der Waals surface area contributed by atoms with E-state index in [1.54, 1.807) is 0 Å². The highest BCUT2D eigenvalue weighted by Crippen LogP contribution is 2.18. The molecule has 0 bridgehead atoms. The van der Waals surface area contributed by atoms with E-state index in [2.05, 4.69) is 4.74 Å². The van der Waals surface area contributed by atoms with Gasteiger partial charge in [-0.3, -0.25) is 9.11 Å². The lowest BCUT2D eigenvalue weighted by molar-refractivity contribution is -0.286. The molecule has 0 saturated carbocycles. The first-order chi connectivity index (χ1) is 7.57. The molecule has 0 radical (unpaired) electrons. The molecule has 1 aliphatic rings. The van der Waals surface area contributed by atoms with Crippen molar-refractivity contribution in [2.75, 3.05) is 6.61 Å². The van der Waals surface area contributed by atoms with Gasteiger partial charge in [0.2, 0.25) is 0 Å². The number of hydrogen-bond acceptors (Lipinski definition) is 8. The lowest BCUT2D eigenvalue weighted by Gasteiger charge is -2.37. The smallest absolute Gasteiger partial charge is 0.394 e. The lowest BCUT2D eigenvalue weighted by Crippen LogP contribution is -2.58. The Hall–Kier alpha value is -0.370. The van der Waals surface area contributed by atoms with E-state index in [1.807, 2.05) is 0 Å². The molecule has 0 aliphatic carbocycles. The first kappa shape index (κ1) is 16.6. The van der Waals surface area contributed by atoms with Gasteiger partial charge in [0.25, 0.3) is 0 Å². The van der Waals surface area contributed by atoms with Crippen LogP contribution >= 0.6 is 0 Å². The van der Waals surface area contributed by atoms with Crippen LogP contribution in [0.15, 0.2) is 0 Å². The minimum absolute atomic E-state index is 0.526. The van der Waals surface area contributed by atoms with Crippen LogP contribution in [0.25, 0.3) is 0 Å². The number of ether oxygens (including phenoxy) is 1. The van der Waals surface area contributed by atoms with Crippen molar-refractivity contribution in [1.29, 1.82) is 0 Å². The van der Waals surface area contributed by atoms with E-state index in [0.29, 0.717) is 0 Å². The van der Waals surface area contributed by atoms with Crippen LogP contribution in [0.5, 0.6) is 0 Å². The third-order valence-corrected chi connectivity index (χ3v) is 1.87. The van der Waals surface area contributed by atoms with Crippen molar-refractivity contribution in [3.05, 3.63) is 0 Å². The van der Waals surface area contributed by atoms with Gasteiger partial charge in [-0.15, -0.1) is 0 Å². The molecule has 0 aromatic carbocycles. The monoisotopic (exact) mass is 278 g/mol. The molecule has 1 heterocycles. The Morgan fingerprint density at radius 2 is 1.35 bits per heavy atom. The van der Waals surface area contributed by atoms with Crippen LogP contribution < -0.4 is 0 Å². The lowest BCUT2D eigenvalue weighted by atomic mass is 10.00. The van der Waals surface area contributed by atoms with Crippen molar-refractivity contribution >= 4 is 10.4 Å². The van der Waals surface area contributed by atoms with Crippen LogP contribution in [0, 0.1) is 0 Å². The zero-order chi connectivity index (χ0) is 13.8. The molecule has 0 unspecified atom stereocenters. The molecule has 0 spiro atoms. The summed E-state index contributed by atoms with van der Waals surface area (Å²) in [4.78, 5) is 0. The summed E-state index contributed by atoms with van der Waals surface area (Å²) in [7, 11) is -4.67. The van der Waals surface area contributed by atoms with Crippen LogP contribution in [0.4, 0.5) is 0 Å². The number of hydrogen-bond donors (Lipinski definition) is 7. The van der Waals surface area contributed by atoms with Gasteiger partial charge in [0.05, 0.1) is 6.61 Å². The van der Waals surface area contributed by atoms with Gasteiger partial charge in [-0.1, -0.05) is 0 Å². The fourth-order valence-electron chi connectivity index (χ4n) is 1.08. The molecule has 17 heavy (non-hydrogen) atoms. The van der Waals surface area contributed by atoms with Gasteiger partial charge in [0, 0.05) is 0 Å². The third-order valence-electron chi connectivity index (χ3n) is 1.87. The highest BCUT2D eigenvalue weighted by Gasteiger charge is 2.42. The average Bonchev–Trinajstić information content (AvgIpc) is 2.18. The Labute approximate surface area is 96.3 Å². The van der Waals surface area contributed by atoms with Crippen LogP contribution in [-0.4, -0.2) is 80.4 Å².